The van der Waals surface area contributed by atoms with Gasteiger partial charge in [-0.2, -0.15) is 0 Å². The Kier molecular flexibility index (Phi) is 2.05. The molecule has 15 heavy (non-hydrogen) atoms. The van der Waals surface area contributed by atoms with E-state index in [-0.39, 0.29) is 0 Å². The molecule has 4 aliphatic rings. The van der Waals surface area contributed by atoms with Gasteiger partial charge in [0.05, 0.1) is 0 Å². The molecule has 0 atom stereocenters. The molecule has 0 radical (unpaired) electrons. The minimum Gasteiger partial charge on any atom is -0.0602 e. The second-order valence-corrected chi connectivity index (χ2v) is 8.15. The van der Waals surface area contributed by atoms with Gasteiger partial charge < -0.3 is 0 Å². The fourth-order valence-corrected chi connectivity index (χ4v) is 5.63. The average Bonchev–Trinajstić information content (AvgIpc) is 1.94. The third-order valence-electron chi connectivity index (χ3n) is 5.07. The Bertz CT molecular complexity index is 220. The van der Waals surface area contributed by atoms with Crippen LogP contribution in [0.1, 0.15) is 65.7 Å². The second kappa shape index (κ2) is 3.02. The maximum atomic E-state index is 2.44. The van der Waals surface area contributed by atoms with Gasteiger partial charge in [-0.05, 0) is 73.5 Å². The predicted molar refractivity (Wildman–Crippen MR) is 64.7 cm³/mol. The van der Waals surface area contributed by atoms with E-state index in [0.29, 0.717) is 5.41 Å². The Labute approximate surface area is 94.8 Å². The monoisotopic (exact) mass is 206 g/mol. The van der Waals surface area contributed by atoms with E-state index in [1.54, 1.807) is 38.5 Å². The van der Waals surface area contributed by atoms with Gasteiger partial charge in [0.1, 0.15) is 0 Å². The molecule has 0 spiro atoms. The molecule has 0 nitrogen and oxygen atoms in total. The lowest BCUT2D eigenvalue weighted by atomic mass is 9.47. The molecule has 4 aliphatic carbocycles. The van der Waals surface area contributed by atoms with Gasteiger partial charge in [-0.3, -0.25) is 0 Å². The number of hydrogen-bond donors (Lipinski definition) is 0. The van der Waals surface area contributed by atoms with Gasteiger partial charge in [-0.25, -0.2) is 0 Å². The van der Waals surface area contributed by atoms with Crippen molar-refractivity contribution < 1.29 is 0 Å². The van der Waals surface area contributed by atoms with Crippen molar-refractivity contribution in [3.63, 3.8) is 0 Å². The molecular formula is C15H26. The van der Waals surface area contributed by atoms with Gasteiger partial charge >= 0.3 is 0 Å². The summed E-state index contributed by atoms with van der Waals surface area (Å²) in [6, 6.07) is 0. The molecule has 0 aromatic carbocycles. The van der Waals surface area contributed by atoms with Crippen LogP contribution in [0.25, 0.3) is 0 Å². The van der Waals surface area contributed by atoms with Crippen LogP contribution < -0.4 is 0 Å². The van der Waals surface area contributed by atoms with Gasteiger partial charge in [0.25, 0.3) is 0 Å². The zero-order valence-corrected chi connectivity index (χ0v) is 10.7. The molecule has 0 aromatic heterocycles. The summed E-state index contributed by atoms with van der Waals surface area (Å²) in [4.78, 5) is 0. The fourth-order valence-electron chi connectivity index (χ4n) is 5.63. The first-order valence-corrected chi connectivity index (χ1v) is 6.94. The van der Waals surface area contributed by atoms with Crippen LogP contribution in [0.2, 0.25) is 0 Å². The summed E-state index contributed by atoms with van der Waals surface area (Å²) < 4.78 is 0. The molecule has 0 heteroatoms. The highest BCUT2D eigenvalue weighted by molar-refractivity contribution is 5.02. The first-order valence-electron chi connectivity index (χ1n) is 6.94. The van der Waals surface area contributed by atoms with Crippen LogP contribution in [0.5, 0.6) is 0 Å². The Morgan fingerprint density at radius 3 is 1.60 bits per heavy atom. The lowest BCUT2D eigenvalue weighted by Crippen LogP contribution is -2.47. The molecule has 4 bridgehead atoms. The summed E-state index contributed by atoms with van der Waals surface area (Å²) in [6.45, 7) is 7.31. The molecule has 0 unspecified atom stereocenters. The Balaban J connectivity index is 1.81. The summed E-state index contributed by atoms with van der Waals surface area (Å²) in [6.07, 6.45) is 11.0. The maximum Gasteiger partial charge on any atom is -0.0285 e. The summed E-state index contributed by atoms with van der Waals surface area (Å²) in [5.41, 5.74) is 1.33. The normalized spacial score (nSPS) is 48.6. The molecule has 0 heterocycles. The van der Waals surface area contributed by atoms with Crippen LogP contribution in [-0.2, 0) is 0 Å². The lowest BCUT2D eigenvalue weighted by Gasteiger charge is -2.58. The van der Waals surface area contributed by atoms with Crippen molar-refractivity contribution in [2.45, 2.75) is 65.7 Å². The summed E-state index contributed by atoms with van der Waals surface area (Å²) in [7, 11) is 0. The van der Waals surface area contributed by atoms with Crippen molar-refractivity contribution >= 4 is 0 Å². The molecule has 0 saturated heterocycles. The molecule has 4 fully saturated rings. The van der Waals surface area contributed by atoms with E-state index in [9.17, 15) is 0 Å². The van der Waals surface area contributed by atoms with Crippen LogP contribution in [0.15, 0.2) is 0 Å². The van der Waals surface area contributed by atoms with Crippen molar-refractivity contribution in [3.05, 3.63) is 0 Å². The summed E-state index contributed by atoms with van der Waals surface area (Å²) >= 11 is 0. The van der Waals surface area contributed by atoms with Crippen molar-refractivity contribution in [2.24, 2.45) is 28.6 Å². The van der Waals surface area contributed by atoms with Gasteiger partial charge in [0.2, 0.25) is 0 Å². The molecule has 86 valence electrons. The fraction of sp³-hybridized carbons (Fsp3) is 1.00. The van der Waals surface area contributed by atoms with E-state index < -0.39 is 0 Å². The van der Waals surface area contributed by atoms with Crippen LogP contribution in [0.3, 0.4) is 0 Å². The Hall–Kier alpha value is 0. The van der Waals surface area contributed by atoms with Crippen LogP contribution in [0, 0.1) is 28.6 Å². The van der Waals surface area contributed by atoms with Gasteiger partial charge in [-0.15, -0.1) is 0 Å². The first kappa shape index (κ1) is 10.2. The van der Waals surface area contributed by atoms with E-state index in [1.165, 1.54) is 6.42 Å². The lowest BCUT2D eigenvalue weighted by molar-refractivity contribution is -0.0722. The van der Waals surface area contributed by atoms with Crippen LogP contribution in [0.4, 0.5) is 0 Å². The third-order valence-corrected chi connectivity index (χ3v) is 5.07. The van der Waals surface area contributed by atoms with Crippen molar-refractivity contribution in [2.75, 3.05) is 0 Å². The molecule has 0 amide bonds. The van der Waals surface area contributed by atoms with Crippen molar-refractivity contribution in [3.8, 4) is 0 Å². The zero-order chi connectivity index (χ0) is 10.7. The van der Waals surface area contributed by atoms with E-state index in [1.807, 2.05) is 0 Å². The van der Waals surface area contributed by atoms with Crippen LogP contribution in [-0.4, -0.2) is 0 Å². The van der Waals surface area contributed by atoms with E-state index >= 15 is 0 Å². The number of rotatable bonds is 1. The quantitative estimate of drug-likeness (QED) is 0.586. The smallest absolute Gasteiger partial charge is 0.0285 e. The Morgan fingerprint density at radius 1 is 0.867 bits per heavy atom. The maximum absolute atomic E-state index is 2.44. The molecule has 4 saturated carbocycles. The molecular weight excluding hydrogens is 180 g/mol. The first-order chi connectivity index (χ1) is 6.94. The second-order valence-electron chi connectivity index (χ2n) is 8.15. The van der Waals surface area contributed by atoms with E-state index in [4.69, 9.17) is 0 Å². The van der Waals surface area contributed by atoms with Gasteiger partial charge in [0, 0.05) is 0 Å². The topological polar surface area (TPSA) is 0 Å². The van der Waals surface area contributed by atoms with E-state index in [2.05, 4.69) is 20.8 Å². The zero-order valence-electron chi connectivity index (χ0n) is 10.7. The highest BCUT2D eigenvalue weighted by Crippen LogP contribution is 2.62. The van der Waals surface area contributed by atoms with Crippen molar-refractivity contribution in [1.29, 1.82) is 0 Å². The summed E-state index contributed by atoms with van der Waals surface area (Å²) in [5.74, 6) is 3.37. The molecule has 0 N–H and O–H groups in total. The van der Waals surface area contributed by atoms with Gasteiger partial charge in [-0.1, -0.05) is 20.8 Å². The average molecular weight is 206 g/mol. The highest BCUT2D eigenvalue weighted by atomic mass is 14.6. The molecule has 4 rings (SSSR count). The molecule has 0 aliphatic heterocycles. The molecule has 0 aromatic rings. The minimum absolute atomic E-state index is 0.547. The third kappa shape index (κ3) is 1.85. The van der Waals surface area contributed by atoms with Crippen LogP contribution >= 0.6 is 0 Å². The summed E-state index contributed by atoms with van der Waals surface area (Å²) in [5, 5.41) is 0. The van der Waals surface area contributed by atoms with E-state index in [0.717, 1.165) is 23.2 Å². The van der Waals surface area contributed by atoms with Gasteiger partial charge in [0.15, 0.2) is 0 Å². The van der Waals surface area contributed by atoms with Crippen molar-refractivity contribution in [1.82, 2.24) is 0 Å². The minimum atomic E-state index is 0.547. The highest BCUT2D eigenvalue weighted by Gasteiger charge is 2.51. The SMILES string of the molecule is CC(C)(C)CC12CC3CC(CC(C3)C1)C2. The number of hydrogen-bond acceptors (Lipinski definition) is 0. The predicted octanol–water partition coefficient (Wildman–Crippen LogP) is 4.64. The largest absolute Gasteiger partial charge is 0.0602 e. The Morgan fingerprint density at radius 2 is 1.27 bits per heavy atom. The standard InChI is InChI=1S/C15H26/c1-14(2,3)10-15-7-11-4-12(8-15)6-13(5-11)9-15/h11-13H,4-10H2,1-3H3.